The first-order chi connectivity index (χ1) is 8.65. The van der Waals surface area contributed by atoms with Crippen LogP contribution in [0.2, 0.25) is 5.15 Å². The van der Waals surface area contributed by atoms with Crippen LogP contribution in [0.15, 0.2) is 34.1 Å². The van der Waals surface area contributed by atoms with E-state index in [4.69, 9.17) is 11.6 Å². The fourth-order valence-electron chi connectivity index (χ4n) is 1.77. The van der Waals surface area contributed by atoms with E-state index in [1.165, 1.54) is 5.56 Å². The Labute approximate surface area is 122 Å². The van der Waals surface area contributed by atoms with E-state index in [1.54, 1.807) is 11.3 Å². The van der Waals surface area contributed by atoms with Crippen LogP contribution in [-0.2, 0) is 0 Å². The third-order valence-corrected chi connectivity index (χ3v) is 4.47. The molecule has 0 aliphatic heterocycles. The van der Waals surface area contributed by atoms with Crippen molar-refractivity contribution in [2.45, 2.75) is 6.92 Å². The Balaban J connectivity index is 2.30. The summed E-state index contributed by atoms with van der Waals surface area (Å²) in [7, 11) is 0. The minimum Gasteiger partial charge on any atom is -0.227 e. The molecule has 1 aromatic carbocycles. The van der Waals surface area contributed by atoms with Crippen molar-refractivity contribution in [1.82, 2.24) is 9.97 Å². The average Bonchev–Trinajstić information content (AvgIpc) is 2.74. The van der Waals surface area contributed by atoms with Crippen molar-refractivity contribution in [3.05, 3.63) is 44.8 Å². The fraction of sp³-hybridized carbons (Fsp3) is 0.0769. The van der Waals surface area contributed by atoms with Crippen molar-refractivity contribution < 1.29 is 0 Å². The van der Waals surface area contributed by atoms with E-state index in [0.29, 0.717) is 11.0 Å². The zero-order valence-corrected chi connectivity index (χ0v) is 12.6. The maximum absolute atomic E-state index is 6.22. The van der Waals surface area contributed by atoms with E-state index in [0.717, 1.165) is 20.3 Å². The lowest BCUT2D eigenvalue weighted by atomic mass is 10.2. The Morgan fingerprint density at radius 2 is 2.06 bits per heavy atom. The van der Waals surface area contributed by atoms with Gasteiger partial charge in [-0.3, -0.25) is 0 Å². The lowest BCUT2D eigenvalue weighted by molar-refractivity contribution is 1.23. The van der Waals surface area contributed by atoms with Crippen molar-refractivity contribution in [3.8, 4) is 10.7 Å². The molecule has 90 valence electrons. The van der Waals surface area contributed by atoms with Gasteiger partial charge in [-0.2, -0.15) is 0 Å². The molecular formula is C13H8BrClN2S. The molecule has 0 N–H and O–H groups in total. The van der Waals surface area contributed by atoms with Gasteiger partial charge in [0, 0.05) is 9.86 Å². The van der Waals surface area contributed by atoms with Gasteiger partial charge in [0.2, 0.25) is 0 Å². The molecule has 0 amide bonds. The molecule has 0 spiro atoms. The van der Waals surface area contributed by atoms with Gasteiger partial charge >= 0.3 is 0 Å². The third-order valence-electron chi connectivity index (χ3n) is 2.68. The number of rotatable bonds is 1. The summed E-state index contributed by atoms with van der Waals surface area (Å²) in [6.07, 6.45) is 0. The first-order valence-corrected chi connectivity index (χ1v) is 7.37. The number of aryl methyl sites for hydroxylation is 1. The van der Waals surface area contributed by atoms with Crippen LogP contribution in [-0.4, -0.2) is 9.97 Å². The number of halogens is 2. The van der Waals surface area contributed by atoms with Crippen molar-refractivity contribution in [1.29, 1.82) is 0 Å². The lowest BCUT2D eigenvalue weighted by Crippen LogP contribution is -1.91. The molecule has 0 unspecified atom stereocenters. The Morgan fingerprint density at radius 3 is 2.78 bits per heavy atom. The number of hydrogen-bond acceptors (Lipinski definition) is 3. The number of aromatic nitrogens is 2. The Hall–Kier alpha value is -0.970. The Kier molecular flexibility index (Phi) is 3.09. The zero-order valence-electron chi connectivity index (χ0n) is 9.45. The van der Waals surface area contributed by atoms with Gasteiger partial charge in [0.1, 0.15) is 5.15 Å². The predicted molar refractivity (Wildman–Crippen MR) is 80.3 cm³/mol. The summed E-state index contributed by atoms with van der Waals surface area (Å²) in [6, 6.07) is 7.87. The van der Waals surface area contributed by atoms with Crippen molar-refractivity contribution in [2.24, 2.45) is 0 Å². The van der Waals surface area contributed by atoms with E-state index >= 15 is 0 Å². The third kappa shape index (κ3) is 2.05. The van der Waals surface area contributed by atoms with E-state index < -0.39 is 0 Å². The summed E-state index contributed by atoms with van der Waals surface area (Å²) in [5.41, 5.74) is 2.03. The average molecular weight is 340 g/mol. The maximum Gasteiger partial charge on any atom is 0.171 e. The summed E-state index contributed by atoms with van der Waals surface area (Å²) in [5.74, 6) is 0.693. The lowest BCUT2D eigenvalue weighted by Gasteiger charge is -2.04. The molecule has 2 nitrogen and oxygen atoms in total. The molecule has 0 bridgehead atoms. The molecular weight excluding hydrogens is 332 g/mol. The number of thiophene rings is 1. The second-order valence-electron chi connectivity index (χ2n) is 3.93. The van der Waals surface area contributed by atoms with Gasteiger partial charge in [0.05, 0.1) is 10.4 Å². The van der Waals surface area contributed by atoms with E-state index in [-0.39, 0.29) is 0 Å². The van der Waals surface area contributed by atoms with Crippen molar-refractivity contribution in [3.63, 3.8) is 0 Å². The van der Waals surface area contributed by atoms with Crippen LogP contribution in [0.4, 0.5) is 0 Å². The molecule has 0 fully saturated rings. The zero-order chi connectivity index (χ0) is 12.7. The summed E-state index contributed by atoms with van der Waals surface area (Å²) in [6.45, 7) is 2.05. The highest BCUT2D eigenvalue weighted by Gasteiger charge is 2.11. The van der Waals surface area contributed by atoms with E-state index in [9.17, 15) is 0 Å². The largest absolute Gasteiger partial charge is 0.227 e. The highest BCUT2D eigenvalue weighted by atomic mass is 79.9. The molecule has 0 aliphatic carbocycles. The Morgan fingerprint density at radius 1 is 1.22 bits per heavy atom. The fourth-order valence-corrected chi connectivity index (χ4v) is 3.22. The molecule has 0 aliphatic rings. The van der Waals surface area contributed by atoms with Gasteiger partial charge in [0.25, 0.3) is 0 Å². The summed E-state index contributed by atoms with van der Waals surface area (Å²) >= 11 is 11.3. The minimum absolute atomic E-state index is 0.496. The monoisotopic (exact) mass is 338 g/mol. The molecule has 0 saturated carbocycles. The Bertz CT molecular complexity index is 739. The number of benzene rings is 1. The number of fused-ring (bicyclic) bond motifs is 1. The first-order valence-electron chi connectivity index (χ1n) is 5.32. The second kappa shape index (κ2) is 4.61. The predicted octanol–water partition coefficient (Wildman–Crippen LogP) is 5.08. The number of hydrogen-bond donors (Lipinski definition) is 0. The van der Waals surface area contributed by atoms with E-state index in [2.05, 4.69) is 32.0 Å². The van der Waals surface area contributed by atoms with Crippen molar-refractivity contribution in [2.75, 3.05) is 0 Å². The van der Waals surface area contributed by atoms with E-state index in [1.807, 2.05) is 30.5 Å². The van der Waals surface area contributed by atoms with Crippen LogP contribution in [0.5, 0.6) is 0 Å². The summed E-state index contributed by atoms with van der Waals surface area (Å²) < 4.78 is 0.985. The molecule has 0 saturated heterocycles. The van der Waals surface area contributed by atoms with Gasteiger partial charge in [-0.05, 0) is 42.1 Å². The quantitative estimate of drug-likeness (QED) is 0.578. The van der Waals surface area contributed by atoms with Crippen molar-refractivity contribution >= 4 is 49.8 Å². The molecule has 0 atom stereocenters. The SMILES string of the molecule is Cc1ccsc1-c1nc(Cl)c2ccc(Br)cc2n1. The standard InChI is InChI=1S/C13H8BrClN2S/c1-7-4-5-18-11(7)13-16-10-6-8(14)2-3-9(10)12(15)17-13/h2-6H,1H3. The summed E-state index contributed by atoms with van der Waals surface area (Å²) in [5, 5.41) is 3.40. The molecule has 0 radical (unpaired) electrons. The molecule has 3 aromatic rings. The second-order valence-corrected chi connectivity index (χ2v) is 6.12. The van der Waals surface area contributed by atoms with Crippen LogP contribution >= 0.6 is 38.9 Å². The molecule has 2 aromatic heterocycles. The molecule has 2 heterocycles. The smallest absolute Gasteiger partial charge is 0.171 e. The van der Waals surface area contributed by atoms with Crippen LogP contribution in [0.1, 0.15) is 5.56 Å². The minimum atomic E-state index is 0.496. The number of nitrogens with zero attached hydrogens (tertiary/aromatic N) is 2. The topological polar surface area (TPSA) is 25.8 Å². The highest BCUT2D eigenvalue weighted by molar-refractivity contribution is 9.10. The summed E-state index contributed by atoms with van der Waals surface area (Å²) in [4.78, 5) is 10.0. The van der Waals surface area contributed by atoms with Crippen LogP contribution < -0.4 is 0 Å². The van der Waals surface area contributed by atoms with Gasteiger partial charge in [0.15, 0.2) is 5.82 Å². The van der Waals surface area contributed by atoms with Gasteiger partial charge in [-0.25, -0.2) is 9.97 Å². The molecule has 3 rings (SSSR count). The van der Waals surface area contributed by atoms with Gasteiger partial charge in [-0.1, -0.05) is 27.5 Å². The highest BCUT2D eigenvalue weighted by Crippen LogP contribution is 2.30. The van der Waals surface area contributed by atoms with Crippen LogP contribution in [0.3, 0.4) is 0 Å². The van der Waals surface area contributed by atoms with Crippen LogP contribution in [0.25, 0.3) is 21.6 Å². The normalized spacial score (nSPS) is 11.1. The van der Waals surface area contributed by atoms with Gasteiger partial charge in [-0.15, -0.1) is 11.3 Å². The first kappa shape index (κ1) is 12.1. The molecule has 18 heavy (non-hydrogen) atoms. The molecule has 5 heteroatoms. The van der Waals surface area contributed by atoms with Crippen LogP contribution in [0, 0.1) is 6.92 Å². The van der Waals surface area contributed by atoms with Gasteiger partial charge < -0.3 is 0 Å². The maximum atomic E-state index is 6.22.